The van der Waals surface area contributed by atoms with Crippen molar-refractivity contribution >= 4 is 46.6 Å². The van der Waals surface area contributed by atoms with Crippen molar-refractivity contribution in [3.8, 4) is 5.75 Å². The van der Waals surface area contributed by atoms with E-state index in [9.17, 15) is 14.0 Å². The van der Waals surface area contributed by atoms with Gasteiger partial charge >= 0.3 is 0 Å². The fourth-order valence-electron chi connectivity index (χ4n) is 2.86. The maximum Gasteiger partial charge on any atom is 0.234 e. The second-order valence-electron chi connectivity index (χ2n) is 6.53. The van der Waals surface area contributed by atoms with Gasteiger partial charge in [0.2, 0.25) is 11.8 Å². The molecule has 0 radical (unpaired) electrons. The normalized spacial score (nSPS) is 10.6. The van der Waals surface area contributed by atoms with Crippen molar-refractivity contribution in [2.24, 2.45) is 0 Å². The van der Waals surface area contributed by atoms with Gasteiger partial charge in [-0.1, -0.05) is 35.5 Å². The molecule has 168 valence electrons. The molecule has 0 unspecified atom stereocenters. The van der Waals surface area contributed by atoms with Crippen LogP contribution in [0.4, 0.5) is 15.8 Å². The van der Waals surface area contributed by atoms with Gasteiger partial charge in [-0.05, 0) is 37.3 Å². The first kappa shape index (κ1) is 23.6. The molecule has 0 aliphatic rings. The fraction of sp³-hybridized carbons (Fsp3) is 0.238. The largest absolute Gasteiger partial charge is 0.495 e. The van der Waals surface area contributed by atoms with Crippen LogP contribution in [0.5, 0.6) is 5.75 Å². The van der Waals surface area contributed by atoms with E-state index in [1.54, 1.807) is 22.8 Å². The Kier molecular flexibility index (Phi) is 8.07. The third-order valence-electron chi connectivity index (χ3n) is 4.35. The first-order chi connectivity index (χ1) is 15.4. The highest BCUT2D eigenvalue weighted by atomic mass is 35.5. The highest BCUT2D eigenvalue weighted by molar-refractivity contribution is 7.99. The highest BCUT2D eigenvalue weighted by Crippen LogP contribution is 2.24. The van der Waals surface area contributed by atoms with Gasteiger partial charge in [0.15, 0.2) is 5.16 Å². The smallest absolute Gasteiger partial charge is 0.234 e. The first-order valence-corrected chi connectivity index (χ1v) is 11.0. The molecule has 0 bridgehead atoms. The zero-order valence-electron chi connectivity index (χ0n) is 17.4. The number of para-hydroxylation sites is 2. The van der Waals surface area contributed by atoms with Gasteiger partial charge < -0.3 is 19.9 Å². The number of nitrogens with zero attached hydrogens (tertiary/aromatic N) is 3. The van der Waals surface area contributed by atoms with Gasteiger partial charge in [0.25, 0.3) is 0 Å². The number of carbonyl (C=O) groups excluding carboxylic acids is 2. The van der Waals surface area contributed by atoms with E-state index in [2.05, 4.69) is 20.8 Å². The number of nitrogens with one attached hydrogen (secondary N) is 2. The molecule has 3 rings (SSSR count). The van der Waals surface area contributed by atoms with Gasteiger partial charge in [0, 0.05) is 12.2 Å². The van der Waals surface area contributed by atoms with Gasteiger partial charge in [-0.2, -0.15) is 0 Å². The standard InChI is InChI=1S/C21H21ClFN5O3S/c1-3-28-18(11-19(29)25-16-6-4-5-7-17(16)31-2)26-27-21(28)32-12-20(30)24-13-8-9-15(23)14(22)10-13/h4-10H,3,11-12H2,1-2H3,(H,24,30)(H,25,29). The Balaban J connectivity index is 1.59. The Morgan fingerprint density at radius 2 is 1.94 bits per heavy atom. The van der Waals surface area contributed by atoms with E-state index in [-0.39, 0.29) is 29.0 Å². The van der Waals surface area contributed by atoms with Gasteiger partial charge in [0.05, 0.1) is 30.0 Å². The summed E-state index contributed by atoms with van der Waals surface area (Å²) in [5, 5.41) is 14.1. The van der Waals surface area contributed by atoms with E-state index >= 15 is 0 Å². The average molecular weight is 478 g/mol. The number of ether oxygens (including phenoxy) is 1. The molecule has 0 fully saturated rings. The lowest BCUT2D eigenvalue weighted by atomic mass is 10.2. The predicted molar refractivity (Wildman–Crippen MR) is 122 cm³/mol. The van der Waals surface area contributed by atoms with Gasteiger partial charge in [-0.15, -0.1) is 10.2 Å². The second-order valence-corrected chi connectivity index (χ2v) is 7.88. The highest BCUT2D eigenvalue weighted by Gasteiger charge is 2.17. The molecule has 2 aromatic carbocycles. The Morgan fingerprint density at radius 3 is 2.66 bits per heavy atom. The quantitative estimate of drug-likeness (QED) is 0.452. The molecule has 0 aliphatic carbocycles. The Hall–Kier alpha value is -3.11. The van der Waals surface area contributed by atoms with Crippen LogP contribution in [0.1, 0.15) is 12.7 Å². The molecule has 1 heterocycles. The monoisotopic (exact) mass is 477 g/mol. The van der Waals surface area contributed by atoms with Crippen LogP contribution in [-0.4, -0.2) is 39.4 Å². The molecular weight excluding hydrogens is 457 g/mol. The predicted octanol–water partition coefficient (Wildman–Crippen LogP) is 4.01. The Labute approximate surface area is 193 Å². The number of halogens is 2. The van der Waals surface area contributed by atoms with Crippen LogP contribution in [0, 0.1) is 5.82 Å². The number of aromatic nitrogens is 3. The van der Waals surface area contributed by atoms with Crippen molar-refractivity contribution in [3.05, 3.63) is 59.1 Å². The van der Waals surface area contributed by atoms with Crippen molar-refractivity contribution in [2.75, 3.05) is 23.5 Å². The number of hydrogen-bond donors (Lipinski definition) is 2. The van der Waals surface area contributed by atoms with E-state index in [4.69, 9.17) is 16.3 Å². The van der Waals surface area contributed by atoms with Crippen LogP contribution in [0.2, 0.25) is 5.02 Å². The lowest BCUT2D eigenvalue weighted by Crippen LogP contribution is -2.18. The zero-order valence-corrected chi connectivity index (χ0v) is 19.0. The molecule has 3 aromatic rings. The summed E-state index contributed by atoms with van der Waals surface area (Å²) in [7, 11) is 1.53. The molecule has 2 N–H and O–H groups in total. The van der Waals surface area contributed by atoms with Crippen LogP contribution in [0.15, 0.2) is 47.6 Å². The third-order valence-corrected chi connectivity index (χ3v) is 5.60. The van der Waals surface area contributed by atoms with Crippen molar-refractivity contribution in [1.29, 1.82) is 0 Å². The molecular formula is C21H21ClFN5O3S. The second kappa shape index (κ2) is 11.0. The van der Waals surface area contributed by atoms with Crippen molar-refractivity contribution in [3.63, 3.8) is 0 Å². The first-order valence-electron chi connectivity index (χ1n) is 9.64. The summed E-state index contributed by atoms with van der Waals surface area (Å²) in [5.41, 5.74) is 0.961. The number of amides is 2. The van der Waals surface area contributed by atoms with Gasteiger partial charge in [0.1, 0.15) is 17.4 Å². The molecule has 0 aliphatic heterocycles. The maximum absolute atomic E-state index is 13.2. The topological polar surface area (TPSA) is 98.1 Å². The van der Waals surface area contributed by atoms with E-state index in [1.165, 1.54) is 37.1 Å². The Morgan fingerprint density at radius 1 is 1.16 bits per heavy atom. The van der Waals surface area contributed by atoms with Crippen LogP contribution in [-0.2, 0) is 22.6 Å². The summed E-state index contributed by atoms with van der Waals surface area (Å²) < 4.78 is 20.3. The number of benzene rings is 2. The molecule has 0 saturated heterocycles. The number of hydrogen-bond acceptors (Lipinski definition) is 6. The number of rotatable bonds is 9. The van der Waals surface area contributed by atoms with E-state index in [0.717, 1.165) is 0 Å². The number of methoxy groups -OCH3 is 1. The summed E-state index contributed by atoms with van der Waals surface area (Å²) in [6.45, 7) is 2.43. The molecule has 0 atom stereocenters. The summed E-state index contributed by atoms with van der Waals surface area (Å²) in [5.74, 6) is -0.0357. The third kappa shape index (κ3) is 5.98. The lowest BCUT2D eigenvalue weighted by molar-refractivity contribution is -0.116. The van der Waals surface area contributed by atoms with Crippen molar-refractivity contribution < 1.29 is 18.7 Å². The molecule has 0 saturated carbocycles. The molecule has 8 nitrogen and oxygen atoms in total. The summed E-state index contributed by atoms with van der Waals surface area (Å²) in [6.07, 6.45) is 0.0136. The van der Waals surface area contributed by atoms with Crippen molar-refractivity contribution in [1.82, 2.24) is 14.8 Å². The molecule has 0 spiro atoms. The van der Waals surface area contributed by atoms with Crippen LogP contribution in [0.3, 0.4) is 0 Å². The van der Waals surface area contributed by atoms with E-state index in [0.29, 0.717) is 34.6 Å². The van der Waals surface area contributed by atoms with Crippen LogP contribution < -0.4 is 15.4 Å². The zero-order chi connectivity index (χ0) is 23.1. The molecule has 32 heavy (non-hydrogen) atoms. The van der Waals surface area contributed by atoms with Crippen molar-refractivity contribution in [2.45, 2.75) is 25.0 Å². The molecule has 2 amide bonds. The maximum atomic E-state index is 13.2. The minimum Gasteiger partial charge on any atom is -0.495 e. The van der Waals surface area contributed by atoms with E-state index < -0.39 is 5.82 Å². The Bertz CT molecular complexity index is 1120. The number of thioether (sulfide) groups is 1. The van der Waals surface area contributed by atoms with Crippen LogP contribution in [0.25, 0.3) is 0 Å². The number of carbonyl (C=O) groups is 2. The SMILES string of the molecule is CCn1c(CC(=O)Nc2ccccc2OC)nnc1SCC(=O)Nc1ccc(F)c(Cl)c1. The molecule has 1 aromatic heterocycles. The van der Waals surface area contributed by atoms with Crippen LogP contribution >= 0.6 is 23.4 Å². The average Bonchev–Trinajstić information content (AvgIpc) is 3.16. The van der Waals surface area contributed by atoms with E-state index in [1.807, 2.05) is 13.0 Å². The fourth-order valence-corrected chi connectivity index (χ4v) is 3.86. The minimum atomic E-state index is -0.558. The summed E-state index contributed by atoms with van der Waals surface area (Å²) >= 11 is 6.91. The minimum absolute atomic E-state index is 0.0136. The van der Waals surface area contributed by atoms with Gasteiger partial charge in [-0.25, -0.2) is 4.39 Å². The lowest BCUT2D eigenvalue weighted by Gasteiger charge is -2.10. The summed E-state index contributed by atoms with van der Waals surface area (Å²) in [6, 6.07) is 11.1. The number of anilines is 2. The summed E-state index contributed by atoms with van der Waals surface area (Å²) in [4.78, 5) is 24.7. The van der Waals surface area contributed by atoms with Gasteiger partial charge in [-0.3, -0.25) is 9.59 Å². The molecule has 11 heteroatoms.